The van der Waals surface area contributed by atoms with Crippen LogP contribution in [0.4, 0.5) is 20.2 Å². The topological polar surface area (TPSA) is 68.8 Å². The minimum atomic E-state index is -0.846. The number of halogens is 2. The van der Waals surface area contributed by atoms with Crippen LogP contribution in [0.1, 0.15) is 0 Å². The van der Waals surface area contributed by atoms with E-state index in [1.807, 2.05) is 0 Å². The summed E-state index contributed by atoms with van der Waals surface area (Å²) in [5.74, 6) is -1.08. The molecule has 2 N–H and O–H groups in total. The van der Waals surface area contributed by atoms with Gasteiger partial charge in [0.05, 0.1) is 27.9 Å². The molecule has 0 aliphatic heterocycles. The van der Waals surface area contributed by atoms with Gasteiger partial charge >= 0.3 is 0 Å². The molecule has 0 saturated heterocycles. The second-order valence-corrected chi connectivity index (χ2v) is 4.91. The molecule has 2 aromatic carbocycles. The van der Waals surface area contributed by atoms with Gasteiger partial charge in [-0.15, -0.1) is 0 Å². The van der Waals surface area contributed by atoms with Crippen LogP contribution in [-0.4, -0.2) is 33.8 Å². The van der Waals surface area contributed by atoms with Crippen molar-refractivity contribution in [1.82, 2.24) is 0 Å². The predicted molar refractivity (Wildman–Crippen MR) is 89.6 cm³/mol. The van der Waals surface area contributed by atoms with Crippen molar-refractivity contribution in [2.75, 3.05) is 38.5 Å². The highest BCUT2D eigenvalue weighted by atomic mass is 19.1. The molecule has 0 atom stereocenters. The van der Waals surface area contributed by atoms with Gasteiger partial charge in [0.2, 0.25) is 11.7 Å². The first-order chi connectivity index (χ1) is 12.0. The number of carbonyl (C=O) groups is 1. The monoisotopic (exact) mass is 352 g/mol. The molecular formula is C17H18F2N2O4. The summed E-state index contributed by atoms with van der Waals surface area (Å²) in [4.78, 5) is 11.9. The molecule has 25 heavy (non-hydrogen) atoms. The first-order valence-electron chi connectivity index (χ1n) is 7.28. The molecule has 8 heteroatoms. The molecule has 6 nitrogen and oxygen atoms in total. The summed E-state index contributed by atoms with van der Waals surface area (Å²) in [7, 11) is 4.41. The molecule has 0 aliphatic carbocycles. The fraction of sp³-hybridized carbons (Fsp3) is 0.235. The quantitative estimate of drug-likeness (QED) is 0.802. The van der Waals surface area contributed by atoms with Crippen LogP contribution >= 0.6 is 0 Å². The highest BCUT2D eigenvalue weighted by Gasteiger charge is 2.15. The average molecular weight is 352 g/mol. The summed E-state index contributed by atoms with van der Waals surface area (Å²) in [5.41, 5.74) is 0.0258. The molecule has 0 aliphatic rings. The highest BCUT2D eigenvalue weighted by Crippen LogP contribution is 2.39. The number of amides is 1. The minimum Gasteiger partial charge on any atom is -0.493 e. The Bertz CT molecular complexity index is 723. The van der Waals surface area contributed by atoms with Gasteiger partial charge in [-0.3, -0.25) is 4.79 Å². The van der Waals surface area contributed by atoms with Crippen molar-refractivity contribution in [3.05, 3.63) is 42.0 Å². The van der Waals surface area contributed by atoms with Gasteiger partial charge < -0.3 is 24.8 Å². The predicted octanol–water partition coefficient (Wildman–Crippen LogP) is 3.04. The maximum atomic E-state index is 13.5. The van der Waals surface area contributed by atoms with Crippen LogP contribution in [0.5, 0.6) is 17.2 Å². The third-order valence-corrected chi connectivity index (χ3v) is 3.34. The molecule has 0 aromatic heterocycles. The van der Waals surface area contributed by atoms with E-state index < -0.39 is 23.2 Å². The number of carbonyl (C=O) groups excluding carboxylic acids is 1. The number of para-hydroxylation sites is 1. The van der Waals surface area contributed by atoms with Gasteiger partial charge in [-0.2, -0.15) is 0 Å². The van der Waals surface area contributed by atoms with Gasteiger partial charge in [0.1, 0.15) is 17.3 Å². The molecule has 2 rings (SSSR count). The van der Waals surface area contributed by atoms with E-state index in [2.05, 4.69) is 10.6 Å². The fourth-order valence-corrected chi connectivity index (χ4v) is 2.17. The number of rotatable bonds is 7. The molecule has 0 fully saturated rings. The van der Waals surface area contributed by atoms with Crippen LogP contribution in [0, 0.1) is 11.6 Å². The van der Waals surface area contributed by atoms with E-state index in [9.17, 15) is 13.6 Å². The van der Waals surface area contributed by atoms with Crippen LogP contribution in [-0.2, 0) is 4.79 Å². The van der Waals surface area contributed by atoms with Crippen molar-refractivity contribution < 1.29 is 27.8 Å². The van der Waals surface area contributed by atoms with Crippen LogP contribution in [0.25, 0.3) is 0 Å². The van der Waals surface area contributed by atoms with Crippen molar-refractivity contribution in [1.29, 1.82) is 0 Å². The Morgan fingerprint density at radius 1 is 1.00 bits per heavy atom. The molecule has 134 valence electrons. The van der Waals surface area contributed by atoms with Gasteiger partial charge in [0, 0.05) is 17.8 Å². The summed E-state index contributed by atoms with van der Waals surface area (Å²) >= 11 is 0. The maximum Gasteiger partial charge on any atom is 0.243 e. The SMILES string of the molecule is COc1cc(NCC(=O)Nc2c(F)cccc2F)cc(OC)c1OC. The largest absolute Gasteiger partial charge is 0.493 e. The maximum absolute atomic E-state index is 13.5. The van der Waals surface area contributed by atoms with Gasteiger partial charge in [-0.25, -0.2) is 8.78 Å². The summed E-state index contributed by atoms with van der Waals surface area (Å²) in [5, 5.41) is 5.02. The summed E-state index contributed by atoms with van der Waals surface area (Å²) < 4.78 is 42.7. The number of benzene rings is 2. The Hall–Kier alpha value is -3.03. The van der Waals surface area contributed by atoms with E-state index >= 15 is 0 Å². The van der Waals surface area contributed by atoms with Gasteiger partial charge in [0.25, 0.3) is 0 Å². The Labute approximate surface area is 143 Å². The zero-order valence-electron chi connectivity index (χ0n) is 14.0. The van der Waals surface area contributed by atoms with E-state index in [1.165, 1.54) is 27.4 Å². The van der Waals surface area contributed by atoms with Crippen LogP contribution in [0.15, 0.2) is 30.3 Å². The van der Waals surface area contributed by atoms with E-state index in [4.69, 9.17) is 14.2 Å². The van der Waals surface area contributed by atoms with Crippen molar-refractivity contribution >= 4 is 17.3 Å². The molecular weight excluding hydrogens is 334 g/mol. The molecule has 0 radical (unpaired) electrons. The van der Waals surface area contributed by atoms with E-state index in [1.54, 1.807) is 12.1 Å². The second-order valence-electron chi connectivity index (χ2n) is 4.91. The molecule has 1 amide bonds. The molecule has 2 aromatic rings. The third-order valence-electron chi connectivity index (χ3n) is 3.34. The lowest BCUT2D eigenvalue weighted by Gasteiger charge is -2.15. The normalized spacial score (nSPS) is 10.1. The molecule has 0 saturated carbocycles. The Morgan fingerprint density at radius 2 is 1.56 bits per heavy atom. The van der Waals surface area contributed by atoms with Crippen molar-refractivity contribution in [3.8, 4) is 17.2 Å². The lowest BCUT2D eigenvalue weighted by atomic mass is 10.2. The summed E-state index contributed by atoms with van der Waals surface area (Å²) in [6, 6.07) is 6.56. The van der Waals surface area contributed by atoms with Crippen molar-refractivity contribution in [2.24, 2.45) is 0 Å². The Morgan fingerprint density at radius 3 is 2.04 bits per heavy atom. The van der Waals surface area contributed by atoms with E-state index in [0.717, 1.165) is 12.1 Å². The van der Waals surface area contributed by atoms with Crippen molar-refractivity contribution in [2.45, 2.75) is 0 Å². The van der Waals surface area contributed by atoms with Gasteiger partial charge in [0.15, 0.2) is 11.5 Å². The minimum absolute atomic E-state index is 0.216. The second kappa shape index (κ2) is 8.18. The Kier molecular flexibility index (Phi) is 5.99. The van der Waals surface area contributed by atoms with Crippen LogP contribution in [0.2, 0.25) is 0 Å². The highest BCUT2D eigenvalue weighted by molar-refractivity contribution is 5.94. The van der Waals surface area contributed by atoms with Crippen molar-refractivity contribution in [3.63, 3.8) is 0 Å². The summed E-state index contributed by atoms with van der Waals surface area (Å²) in [6.07, 6.45) is 0. The summed E-state index contributed by atoms with van der Waals surface area (Å²) in [6.45, 7) is -0.216. The first-order valence-corrected chi connectivity index (χ1v) is 7.28. The number of anilines is 2. The number of methoxy groups -OCH3 is 3. The number of ether oxygens (including phenoxy) is 3. The lowest BCUT2D eigenvalue weighted by Crippen LogP contribution is -2.23. The smallest absolute Gasteiger partial charge is 0.243 e. The molecule has 0 spiro atoms. The standard InChI is InChI=1S/C17H18F2N2O4/c1-23-13-7-10(8-14(24-2)17(13)25-3)20-9-15(22)21-16-11(18)5-4-6-12(16)19/h4-8,20H,9H2,1-3H3,(H,21,22). The zero-order chi connectivity index (χ0) is 18.4. The molecule has 0 heterocycles. The first kappa shape index (κ1) is 18.3. The Balaban J connectivity index is 2.09. The number of hydrogen-bond donors (Lipinski definition) is 2. The molecule has 0 unspecified atom stereocenters. The van der Waals surface area contributed by atoms with Gasteiger partial charge in [-0.05, 0) is 12.1 Å². The van der Waals surface area contributed by atoms with Crippen LogP contribution in [0.3, 0.4) is 0 Å². The van der Waals surface area contributed by atoms with Crippen LogP contribution < -0.4 is 24.8 Å². The fourth-order valence-electron chi connectivity index (χ4n) is 2.17. The molecule has 0 bridgehead atoms. The average Bonchev–Trinajstić information content (AvgIpc) is 2.62. The number of hydrogen-bond acceptors (Lipinski definition) is 5. The third kappa shape index (κ3) is 4.28. The van der Waals surface area contributed by atoms with Gasteiger partial charge in [-0.1, -0.05) is 6.07 Å². The zero-order valence-corrected chi connectivity index (χ0v) is 14.0. The number of nitrogens with one attached hydrogen (secondary N) is 2. The van der Waals surface area contributed by atoms with E-state index in [0.29, 0.717) is 22.9 Å². The lowest BCUT2D eigenvalue weighted by molar-refractivity contribution is -0.114. The van der Waals surface area contributed by atoms with E-state index in [-0.39, 0.29) is 6.54 Å².